The minimum atomic E-state index is 0.0413. The van der Waals surface area contributed by atoms with Crippen LogP contribution in [0.1, 0.15) is 16.7 Å². The number of carbonyl (C=O) groups excluding carboxylic acids is 1. The van der Waals surface area contributed by atoms with Crippen molar-refractivity contribution >= 4 is 34.1 Å². The van der Waals surface area contributed by atoms with Gasteiger partial charge in [-0.1, -0.05) is 59.7 Å². The number of thioether (sulfide) groups is 1. The van der Waals surface area contributed by atoms with Crippen LogP contribution in [0.2, 0.25) is 0 Å². The molecule has 0 aliphatic rings. The highest BCUT2D eigenvalue weighted by Gasteiger charge is 2.04. The summed E-state index contributed by atoms with van der Waals surface area (Å²) >= 11 is 1.64. The third kappa shape index (κ3) is 4.39. The highest BCUT2D eigenvalue weighted by Crippen LogP contribution is 2.20. The van der Waals surface area contributed by atoms with E-state index in [9.17, 15) is 4.79 Å². The van der Waals surface area contributed by atoms with Crippen molar-refractivity contribution in [2.45, 2.75) is 19.6 Å². The van der Waals surface area contributed by atoms with Crippen molar-refractivity contribution in [3.05, 3.63) is 77.4 Å². The van der Waals surface area contributed by atoms with Crippen molar-refractivity contribution in [2.24, 2.45) is 0 Å². The Hall–Kier alpha value is -2.26. The fourth-order valence-corrected chi connectivity index (χ4v) is 3.64. The van der Waals surface area contributed by atoms with Crippen LogP contribution in [0.4, 0.5) is 5.69 Å². The van der Waals surface area contributed by atoms with Gasteiger partial charge in [0.2, 0.25) is 5.91 Å². The van der Waals surface area contributed by atoms with Crippen molar-refractivity contribution in [1.29, 1.82) is 0 Å². The third-order valence-electron chi connectivity index (χ3n) is 3.82. The van der Waals surface area contributed by atoms with Crippen LogP contribution in [0.3, 0.4) is 0 Å². The van der Waals surface area contributed by atoms with Crippen LogP contribution >= 0.6 is 11.8 Å². The van der Waals surface area contributed by atoms with Gasteiger partial charge in [0, 0.05) is 11.4 Å². The quantitative estimate of drug-likeness (QED) is 0.683. The molecule has 0 aliphatic heterocycles. The third-order valence-corrected chi connectivity index (χ3v) is 4.82. The van der Waals surface area contributed by atoms with E-state index in [1.165, 1.54) is 22.1 Å². The van der Waals surface area contributed by atoms with E-state index < -0.39 is 0 Å². The SMILES string of the molecule is Cc1cc(C)cc(CSCC(=O)Nc2ccc3ccccc3c2)c1. The monoisotopic (exact) mass is 335 g/mol. The Bertz CT molecular complexity index is 852. The lowest BCUT2D eigenvalue weighted by Gasteiger charge is -2.07. The maximum absolute atomic E-state index is 12.1. The van der Waals surface area contributed by atoms with E-state index in [1.807, 2.05) is 30.3 Å². The molecule has 24 heavy (non-hydrogen) atoms. The first kappa shape index (κ1) is 16.6. The molecule has 0 spiro atoms. The molecule has 3 rings (SSSR count). The molecule has 0 aromatic heterocycles. The van der Waals surface area contributed by atoms with E-state index >= 15 is 0 Å². The first-order valence-electron chi connectivity index (χ1n) is 8.04. The number of benzene rings is 3. The van der Waals surface area contributed by atoms with Gasteiger partial charge in [-0.05, 0) is 42.3 Å². The van der Waals surface area contributed by atoms with Crippen LogP contribution in [0.5, 0.6) is 0 Å². The molecule has 0 unspecified atom stereocenters. The zero-order chi connectivity index (χ0) is 16.9. The number of hydrogen-bond acceptors (Lipinski definition) is 2. The normalized spacial score (nSPS) is 10.8. The highest BCUT2D eigenvalue weighted by atomic mass is 32.2. The van der Waals surface area contributed by atoms with Gasteiger partial charge in [-0.25, -0.2) is 0 Å². The van der Waals surface area contributed by atoms with Crippen molar-refractivity contribution < 1.29 is 4.79 Å². The van der Waals surface area contributed by atoms with Crippen molar-refractivity contribution in [3.8, 4) is 0 Å². The number of hydrogen-bond donors (Lipinski definition) is 1. The Morgan fingerprint density at radius 2 is 1.62 bits per heavy atom. The maximum Gasteiger partial charge on any atom is 0.234 e. The molecule has 3 heteroatoms. The number of anilines is 1. The van der Waals surface area contributed by atoms with Crippen molar-refractivity contribution in [3.63, 3.8) is 0 Å². The zero-order valence-corrected chi connectivity index (χ0v) is 14.8. The minimum Gasteiger partial charge on any atom is -0.325 e. The average molecular weight is 335 g/mol. The maximum atomic E-state index is 12.1. The molecular formula is C21H21NOS. The molecule has 122 valence electrons. The topological polar surface area (TPSA) is 29.1 Å². The van der Waals surface area contributed by atoms with E-state index in [1.54, 1.807) is 11.8 Å². The van der Waals surface area contributed by atoms with Gasteiger partial charge < -0.3 is 5.32 Å². The summed E-state index contributed by atoms with van der Waals surface area (Å²) in [7, 11) is 0. The van der Waals surface area contributed by atoms with Crippen LogP contribution in [-0.4, -0.2) is 11.7 Å². The Labute approximate surface area is 147 Å². The van der Waals surface area contributed by atoms with Crippen LogP contribution in [0.15, 0.2) is 60.7 Å². The molecule has 3 aromatic rings. The fraction of sp³-hybridized carbons (Fsp3) is 0.190. The number of nitrogens with one attached hydrogen (secondary N) is 1. The largest absolute Gasteiger partial charge is 0.325 e. The summed E-state index contributed by atoms with van der Waals surface area (Å²) in [5, 5.41) is 5.30. The number of rotatable bonds is 5. The lowest BCUT2D eigenvalue weighted by atomic mass is 10.1. The van der Waals surface area contributed by atoms with Crippen LogP contribution in [0, 0.1) is 13.8 Å². The molecule has 1 N–H and O–H groups in total. The molecule has 0 fully saturated rings. The van der Waals surface area contributed by atoms with Gasteiger partial charge in [0.1, 0.15) is 0 Å². The Morgan fingerprint density at radius 3 is 2.38 bits per heavy atom. The molecule has 0 heterocycles. The minimum absolute atomic E-state index is 0.0413. The van der Waals surface area contributed by atoms with Crippen LogP contribution in [0.25, 0.3) is 10.8 Å². The molecule has 0 bridgehead atoms. The van der Waals surface area contributed by atoms with Crippen LogP contribution < -0.4 is 5.32 Å². The lowest BCUT2D eigenvalue weighted by molar-refractivity contribution is -0.113. The van der Waals surface area contributed by atoms with E-state index in [-0.39, 0.29) is 5.91 Å². The van der Waals surface area contributed by atoms with Gasteiger partial charge in [-0.3, -0.25) is 4.79 Å². The zero-order valence-electron chi connectivity index (χ0n) is 14.0. The second-order valence-corrected chi connectivity index (χ2v) is 7.08. The summed E-state index contributed by atoms with van der Waals surface area (Å²) in [6, 6.07) is 20.7. The summed E-state index contributed by atoms with van der Waals surface area (Å²) in [6.45, 7) is 4.21. The van der Waals surface area contributed by atoms with E-state index in [2.05, 4.69) is 49.5 Å². The van der Waals surface area contributed by atoms with Gasteiger partial charge in [0.05, 0.1) is 5.75 Å². The van der Waals surface area contributed by atoms with Crippen molar-refractivity contribution in [2.75, 3.05) is 11.1 Å². The van der Waals surface area contributed by atoms with E-state index in [4.69, 9.17) is 0 Å². The lowest BCUT2D eigenvalue weighted by Crippen LogP contribution is -2.14. The van der Waals surface area contributed by atoms with Gasteiger partial charge >= 0.3 is 0 Å². The molecule has 0 saturated heterocycles. The number of amides is 1. The van der Waals surface area contributed by atoms with Gasteiger partial charge in [-0.15, -0.1) is 11.8 Å². The highest BCUT2D eigenvalue weighted by molar-refractivity contribution is 7.99. The van der Waals surface area contributed by atoms with E-state index in [0.717, 1.165) is 16.8 Å². The standard InChI is InChI=1S/C21H21NOS/c1-15-9-16(2)11-17(10-15)13-24-14-21(23)22-20-8-7-18-5-3-4-6-19(18)12-20/h3-12H,13-14H2,1-2H3,(H,22,23). The summed E-state index contributed by atoms with van der Waals surface area (Å²) in [5.74, 6) is 1.35. The molecule has 3 aromatic carbocycles. The van der Waals surface area contributed by atoms with Gasteiger partial charge in [0.15, 0.2) is 0 Å². The molecule has 0 saturated carbocycles. The van der Waals surface area contributed by atoms with E-state index in [0.29, 0.717) is 5.75 Å². The molecule has 2 nitrogen and oxygen atoms in total. The smallest absolute Gasteiger partial charge is 0.234 e. The molecular weight excluding hydrogens is 314 g/mol. The summed E-state index contributed by atoms with van der Waals surface area (Å²) in [6.07, 6.45) is 0. The number of carbonyl (C=O) groups is 1. The molecule has 0 aliphatic carbocycles. The number of fused-ring (bicyclic) bond motifs is 1. The predicted octanol–water partition coefficient (Wildman–Crippen LogP) is 5.33. The fourth-order valence-electron chi connectivity index (χ4n) is 2.88. The predicted molar refractivity (Wildman–Crippen MR) is 105 cm³/mol. The second kappa shape index (κ2) is 7.54. The summed E-state index contributed by atoms with van der Waals surface area (Å²) < 4.78 is 0. The molecule has 0 radical (unpaired) electrons. The van der Waals surface area contributed by atoms with Gasteiger partial charge in [-0.2, -0.15) is 0 Å². The molecule has 0 atom stereocenters. The van der Waals surface area contributed by atoms with Crippen LogP contribution in [-0.2, 0) is 10.5 Å². The number of aryl methyl sites for hydroxylation is 2. The summed E-state index contributed by atoms with van der Waals surface area (Å²) in [4.78, 5) is 12.1. The van der Waals surface area contributed by atoms with Gasteiger partial charge in [0.25, 0.3) is 0 Å². The Balaban J connectivity index is 1.55. The average Bonchev–Trinajstić information content (AvgIpc) is 2.54. The first-order valence-corrected chi connectivity index (χ1v) is 9.19. The second-order valence-electron chi connectivity index (χ2n) is 6.10. The van der Waals surface area contributed by atoms with Crippen molar-refractivity contribution in [1.82, 2.24) is 0 Å². The first-order chi connectivity index (χ1) is 11.6. The Morgan fingerprint density at radius 1 is 0.917 bits per heavy atom. The Kier molecular flexibility index (Phi) is 5.21. The summed E-state index contributed by atoms with van der Waals surface area (Å²) in [5.41, 5.74) is 4.67. The molecule has 1 amide bonds.